The van der Waals surface area contributed by atoms with Gasteiger partial charge in [0.15, 0.2) is 0 Å². The van der Waals surface area contributed by atoms with E-state index in [1.54, 1.807) is 0 Å². The molecule has 3 nitrogen and oxygen atoms in total. The van der Waals surface area contributed by atoms with Gasteiger partial charge < -0.3 is 4.74 Å². The molecule has 0 aliphatic rings. The van der Waals surface area contributed by atoms with Gasteiger partial charge in [-0.15, -0.1) is 0 Å². The first kappa shape index (κ1) is 9.26. The number of aromatic amines is 1. The van der Waals surface area contributed by atoms with Crippen molar-refractivity contribution in [1.29, 1.82) is 0 Å². The SMILES string of the molecule is Cc1cc(COC(C)(C)C)n[nH]1. The molecule has 68 valence electrons. The fraction of sp³-hybridized carbons (Fsp3) is 0.667. The highest BCUT2D eigenvalue weighted by atomic mass is 16.5. The van der Waals surface area contributed by atoms with Crippen LogP contribution in [-0.4, -0.2) is 15.8 Å². The molecule has 0 bridgehead atoms. The van der Waals surface area contributed by atoms with Crippen LogP contribution < -0.4 is 0 Å². The Labute approximate surface area is 73.1 Å². The van der Waals surface area contributed by atoms with Crippen molar-refractivity contribution in [2.75, 3.05) is 0 Å². The summed E-state index contributed by atoms with van der Waals surface area (Å²) in [5.41, 5.74) is 1.94. The van der Waals surface area contributed by atoms with Crippen molar-refractivity contribution in [3.05, 3.63) is 17.5 Å². The lowest BCUT2D eigenvalue weighted by molar-refractivity contribution is -0.0164. The molecule has 12 heavy (non-hydrogen) atoms. The molecule has 1 rings (SSSR count). The van der Waals surface area contributed by atoms with Crippen LogP contribution >= 0.6 is 0 Å². The van der Waals surface area contributed by atoms with Crippen LogP contribution in [0.5, 0.6) is 0 Å². The van der Waals surface area contributed by atoms with E-state index in [-0.39, 0.29) is 5.60 Å². The van der Waals surface area contributed by atoms with Crippen LogP contribution in [0, 0.1) is 6.92 Å². The smallest absolute Gasteiger partial charge is 0.0913 e. The maximum Gasteiger partial charge on any atom is 0.0913 e. The van der Waals surface area contributed by atoms with Crippen LogP contribution in [0.15, 0.2) is 6.07 Å². The number of hydrogen-bond acceptors (Lipinski definition) is 2. The molecule has 0 radical (unpaired) electrons. The zero-order chi connectivity index (χ0) is 9.19. The number of ether oxygens (including phenoxy) is 1. The van der Waals surface area contributed by atoms with E-state index in [0.29, 0.717) is 6.61 Å². The third kappa shape index (κ3) is 3.05. The molecule has 3 heteroatoms. The maximum absolute atomic E-state index is 5.55. The lowest BCUT2D eigenvalue weighted by Crippen LogP contribution is -2.18. The molecule has 0 saturated heterocycles. The first-order chi connectivity index (χ1) is 5.47. The van der Waals surface area contributed by atoms with Crippen molar-refractivity contribution in [2.45, 2.75) is 39.9 Å². The standard InChI is InChI=1S/C9H16N2O/c1-7-5-8(11-10-7)6-12-9(2,3)4/h5H,6H2,1-4H3,(H,10,11). The summed E-state index contributed by atoms with van der Waals surface area (Å²) in [6.07, 6.45) is 0. The summed E-state index contributed by atoms with van der Waals surface area (Å²) < 4.78 is 5.55. The van der Waals surface area contributed by atoms with Gasteiger partial charge in [-0.3, -0.25) is 5.10 Å². The second-order valence-corrected chi connectivity index (χ2v) is 3.94. The Morgan fingerprint density at radius 3 is 2.58 bits per heavy atom. The van der Waals surface area contributed by atoms with E-state index < -0.39 is 0 Å². The minimum Gasteiger partial charge on any atom is -0.370 e. The van der Waals surface area contributed by atoms with Crippen molar-refractivity contribution >= 4 is 0 Å². The van der Waals surface area contributed by atoms with Crippen molar-refractivity contribution in [3.63, 3.8) is 0 Å². The highest BCUT2D eigenvalue weighted by Crippen LogP contribution is 2.10. The van der Waals surface area contributed by atoms with E-state index in [2.05, 4.69) is 10.2 Å². The summed E-state index contributed by atoms with van der Waals surface area (Å²) in [7, 11) is 0. The average molecular weight is 168 g/mol. The molecule has 0 unspecified atom stereocenters. The van der Waals surface area contributed by atoms with Crippen LogP contribution in [0.3, 0.4) is 0 Å². The molecule has 0 aliphatic heterocycles. The van der Waals surface area contributed by atoms with Gasteiger partial charge in [0.1, 0.15) is 0 Å². The van der Waals surface area contributed by atoms with E-state index in [0.717, 1.165) is 11.4 Å². The third-order valence-corrected chi connectivity index (χ3v) is 1.41. The summed E-state index contributed by atoms with van der Waals surface area (Å²) in [6.45, 7) is 8.66. The lowest BCUT2D eigenvalue weighted by atomic mass is 10.2. The largest absolute Gasteiger partial charge is 0.370 e. The van der Waals surface area contributed by atoms with E-state index >= 15 is 0 Å². The summed E-state index contributed by atoms with van der Waals surface area (Å²) in [5, 5.41) is 6.94. The van der Waals surface area contributed by atoms with Gasteiger partial charge in [0.25, 0.3) is 0 Å². The third-order valence-electron chi connectivity index (χ3n) is 1.41. The number of nitrogens with one attached hydrogen (secondary N) is 1. The molecule has 0 spiro atoms. The maximum atomic E-state index is 5.55. The topological polar surface area (TPSA) is 37.9 Å². The molecule has 1 heterocycles. The minimum atomic E-state index is -0.0904. The normalized spacial score (nSPS) is 12.0. The fourth-order valence-electron chi connectivity index (χ4n) is 0.839. The molecule has 0 saturated carbocycles. The monoisotopic (exact) mass is 168 g/mol. The van der Waals surface area contributed by atoms with Crippen molar-refractivity contribution in [3.8, 4) is 0 Å². The van der Waals surface area contributed by atoms with Crippen molar-refractivity contribution in [1.82, 2.24) is 10.2 Å². The van der Waals surface area contributed by atoms with E-state index in [1.165, 1.54) is 0 Å². The van der Waals surface area contributed by atoms with Gasteiger partial charge in [-0.25, -0.2) is 0 Å². The number of hydrogen-bond donors (Lipinski definition) is 1. The Kier molecular flexibility index (Phi) is 2.52. The summed E-state index contributed by atoms with van der Waals surface area (Å²) in [6, 6.07) is 1.99. The van der Waals surface area contributed by atoms with E-state index in [9.17, 15) is 0 Å². The Balaban J connectivity index is 2.44. The Bertz CT molecular complexity index is 247. The average Bonchev–Trinajstić information content (AvgIpc) is 2.30. The molecule has 0 atom stereocenters. The minimum absolute atomic E-state index is 0.0904. The summed E-state index contributed by atoms with van der Waals surface area (Å²) in [5.74, 6) is 0. The Morgan fingerprint density at radius 1 is 1.50 bits per heavy atom. The Hall–Kier alpha value is -0.830. The van der Waals surface area contributed by atoms with Gasteiger partial charge in [0.2, 0.25) is 0 Å². The van der Waals surface area contributed by atoms with Gasteiger partial charge in [0, 0.05) is 5.69 Å². The summed E-state index contributed by atoms with van der Waals surface area (Å²) in [4.78, 5) is 0. The lowest BCUT2D eigenvalue weighted by Gasteiger charge is -2.18. The highest BCUT2D eigenvalue weighted by molar-refractivity contribution is 5.05. The first-order valence-corrected chi connectivity index (χ1v) is 4.12. The second kappa shape index (κ2) is 3.27. The fourth-order valence-corrected chi connectivity index (χ4v) is 0.839. The van der Waals surface area contributed by atoms with E-state index in [1.807, 2.05) is 33.8 Å². The van der Waals surface area contributed by atoms with Gasteiger partial charge >= 0.3 is 0 Å². The molecular formula is C9H16N2O. The first-order valence-electron chi connectivity index (χ1n) is 4.12. The number of rotatable bonds is 2. The molecule has 0 aromatic carbocycles. The van der Waals surface area contributed by atoms with Crippen LogP contribution in [0.2, 0.25) is 0 Å². The zero-order valence-electron chi connectivity index (χ0n) is 8.14. The number of aryl methyl sites for hydroxylation is 1. The number of aromatic nitrogens is 2. The number of H-pyrrole nitrogens is 1. The quantitative estimate of drug-likeness (QED) is 0.733. The van der Waals surface area contributed by atoms with Gasteiger partial charge in [-0.2, -0.15) is 5.10 Å². The van der Waals surface area contributed by atoms with Crippen molar-refractivity contribution in [2.24, 2.45) is 0 Å². The summed E-state index contributed by atoms with van der Waals surface area (Å²) >= 11 is 0. The molecular weight excluding hydrogens is 152 g/mol. The van der Waals surface area contributed by atoms with Crippen LogP contribution in [0.4, 0.5) is 0 Å². The second-order valence-electron chi connectivity index (χ2n) is 3.94. The highest BCUT2D eigenvalue weighted by Gasteiger charge is 2.10. The predicted octanol–water partition coefficient (Wildman–Crippen LogP) is 2.03. The molecule has 0 fully saturated rings. The van der Waals surface area contributed by atoms with Gasteiger partial charge in [-0.1, -0.05) is 0 Å². The number of nitrogens with zero attached hydrogens (tertiary/aromatic N) is 1. The van der Waals surface area contributed by atoms with Gasteiger partial charge in [0.05, 0.1) is 17.9 Å². The molecule has 1 aromatic heterocycles. The predicted molar refractivity (Wildman–Crippen MR) is 47.9 cm³/mol. The zero-order valence-corrected chi connectivity index (χ0v) is 8.14. The molecule has 1 N–H and O–H groups in total. The van der Waals surface area contributed by atoms with Crippen LogP contribution in [0.1, 0.15) is 32.2 Å². The van der Waals surface area contributed by atoms with Gasteiger partial charge in [-0.05, 0) is 33.8 Å². The van der Waals surface area contributed by atoms with Crippen LogP contribution in [0.25, 0.3) is 0 Å². The van der Waals surface area contributed by atoms with E-state index in [4.69, 9.17) is 4.74 Å². The van der Waals surface area contributed by atoms with Crippen LogP contribution in [-0.2, 0) is 11.3 Å². The molecule has 0 amide bonds. The van der Waals surface area contributed by atoms with Crippen molar-refractivity contribution < 1.29 is 4.74 Å². The molecule has 0 aliphatic carbocycles. The Morgan fingerprint density at radius 2 is 2.17 bits per heavy atom. The molecule has 1 aromatic rings.